The first kappa shape index (κ1) is 20.6. The minimum atomic E-state index is -3.66. The molecule has 0 atom stereocenters. The molecule has 0 amide bonds. The predicted molar refractivity (Wildman–Crippen MR) is 102 cm³/mol. The lowest BCUT2D eigenvalue weighted by molar-refractivity contribution is 0.404. The maximum absolute atomic E-state index is 12.6. The maximum Gasteiger partial charge on any atom is 0.242 e. The van der Waals surface area contributed by atoms with Crippen LogP contribution in [0, 0.1) is 13.8 Å². The molecule has 0 heterocycles. The van der Waals surface area contributed by atoms with Crippen LogP contribution in [-0.2, 0) is 20.0 Å². The highest BCUT2D eigenvalue weighted by Gasteiger charge is 2.24. The fourth-order valence-corrected chi connectivity index (χ4v) is 4.63. The predicted octanol–water partition coefficient (Wildman–Crippen LogP) is 2.24. The van der Waals surface area contributed by atoms with Crippen molar-refractivity contribution in [3.63, 3.8) is 0 Å². The van der Waals surface area contributed by atoms with Gasteiger partial charge in [-0.1, -0.05) is 35.4 Å². The summed E-state index contributed by atoms with van der Waals surface area (Å²) in [5.41, 5.74) is 1.94. The van der Waals surface area contributed by atoms with Gasteiger partial charge < -0.3 is 0 Å². The van der Waals surface area contributed by atoms with E-state index in [1.807, 2.05) is 13.8 Å². The molecule has 2 aromatic rings. The van der Waals surface area contributed by atoms with E-state index in [0.29, 0.717) is 0 Å². The molecule has 0 spiro atoms. The molecular formula is C18H24N2O4S2. The highest BCUT2D eigenvalue weighted by Crippen LogP contribution is 2.17. The Hall–Kier alpha value is -1.74. The van der Waals surface area contributed by atoms with E-state index >= 15 is 0 Å². The summed E-state index contributed by atoms with van der Waals surface area (Å²) in [6, 6.07) is 13.1. The average Bonchev–Trinajstić information content (AvgIpc) is 2.60. The van der Waals surface area contributed by atoms with Crippen LogP contribution in [0.3, 0.4) is 0 Å². The Morgan fingerprint density at radius 1 is 0.615 bits per heavy atom. The summed E-state index contributed by atoms with van der Waals surface area (Å²) in [7, 11) is -4.42. The topological polar surface area (TPSA) is 74.8 Å². The molecule has 2 rings (SSSR count). The van der Waals surface area contributed by atoms with Gasteiger partial charge in [-0.15, -0.1) is 0 Å². The Morgan fingerprint density at radius 3 is 1.15 bits per heavy atom. The van der Waals surface area contributed by atoms with Crippen LogP contribution < -0.4 is 0 Å². The standard InChI is InChI=1S/C18H24N2O4S2/c1-15-5-9-17(10-6-15)25(21,22)19(3)13-14-20(4)26(23,24)18-11-7-16(2)8-12-18/h5-12H,13-14H2,1-4H3. The third kappa shape index (κ3) is 4.50. The molecule has 0 fully saturated rings. The largest absolute Gasteiger partial charge is 0.242 e. The molecule has 2 aromatic carbocycles. The second-order valence-electron chi connectivity index (χ2n) is 6.28. The summed E-state index contributed by atoms with van der Waals surface area (Å²) >= 11 is 0. The van der Waals surface area contributed by atoms with Crippen molar-refractivity contribution >= 4 is 20.0 Å². The van der Waals surface area contributed by atoms with E-state index in [2.05, 4.69) is 0 Å². The van der Waals surface area contributed by atoms with E-state index in [-0.39, 0.29) is 22.9 Å². The first-order valence-corrected chi connectivity index (χ1v) is 11.0. The Morgan fingerprint density at radius 2 is 0.885 bits per heavy atom. The maximum atomic E-state index is 12.6. The van der Waals surface area contributed by atoms with Crippen LogP contribution in [0.4, 0.5) is 0 Å². The van der Waals surface area contributed by atoms with E-state index < -0.39 is 20.0 Å². The monoisotopic (exact) mass is 396 g/mol. The van der Waals surface area contributed by atoms with Crippen molar-refractivity contribution in [2.45, 2.75) is 23.6 Å². The molecule has 8 heteroatoms. The molecule has 0 saturated heterocycles. The molecule has 0 N–H and O–H groups in total. The quantitative estimate of drug-likeness (QED) is 0.719. The van der Waals surface area contributed by atoms with E-state index in [0.717, 1.165) is 11.1 Å². The molecule has 0 aromatic heterocycles. The number of sulfonamides is 2. The van der Waals surface area contributed by atoms with Crippen molar-refractivity contribution in [2.24, 2.45) is 0 Å². The van der Waals surface area contributed by atoms with Crippen molar-refractivity contribution in [1.29, 1.82) is 0 Å². The van der Waals surface area contributed by atoms with Gasteiger partial charge in [0.15, 0.2) is 0 Å². The average molecular weight is 397 g/mol. The minimum Gasteiger partial charge on any atom is -0.207 e. The number of aryl methyl sites for hydroxylation is 2. The molecule has 0 unspecified atom stereocenters. The van der Waals surface area contributed by atoms with Crippen molar-refractivity contribution < 1.29 is 16.8 Å². The summed E-state index contributed by atoms with van der Waals surface area (Å²) in [6.07, 6.45) is 0. The van der Waals surface area contributed by atoms with E-state index in [1.54, 1.807) is 48.5 Å². The molecule has 0 radical (unpaired) electrons. The van der Waals surface area contributed by atoms with Crippen molar-refractivity contribution in [1.82, 2.24) is 8.61 Å². The van der Waals surface area contributed by atoms with Gasteiger partial charge in [0, 0.05) is 27.2 Å². The van der Waals surface area contributed by atoms with Gasteiger partial charge in [-0.2, -0.15) is 8.61 Å². The van der Waals surface area contributed by atoms with Gasteiger partial charge in [-0.3, -0.25) is 0 Å². The number of likely N-dealkylation sites (N-methyl/N-ethyl adjacent to an activating group) is 2. The fraction of sp³-hybridized carbons (Fsp3) is 0.333. The Labute approximate surface area is 156 Å². The Kier molecular flexibility index (Phi) is 6.23. The van der Waals surface area contributed by atoms with Crippen LogP contribution in [0.25, 0.3) is 0 Å². The van der Waals surface area contributed by atoms with Gasteiger partial charge in [0.05, 0.1) is 9.79 Å². The van der Waals surface area contributed by atoms with Crippen LogP contribution in [0.2, 0.25) is 0 Å². The number of nitrogens with zero attached hydrogens (tertiary/aromatic N) is 2. The lowest BCUT2D eigenvalue weighted by Gasteiger charge is -2.22. The molecule has 0 aliphatic heterocycles. The number of rotatable bonds is 7. The molecule has 0 aliphatic carbocycles. The van der Waals surface area contributed by atoms with Gasteiger partial charge >= 0.3 is 0 Å². The number of hydrogen-bond acceptors (Lipinski definition) is 4. The Bertz CT molecular complexity index is 870. The zero-order valence-corrected chi connectivity index (χ0v) is 17.0. The summed E-state index contributed by atoms with van der Waals surface area (Å²) in [6.45, 7) is 3.87. The smallest absolute Gasteiger partial charge is 0.207 e. The molecule has 142 valence electrons. The van der Waals surface area contributed by atoms with Crippen molar-refractivity contribution in [3.8, 4) is 0 Å². The van der Waals surface area contributed by atoms with Gasteiger partial charge in [-0.25, -0.2) is 16.8 Å². The fourth-order valence-electron chi connectivity index (χ4n) is 2.30. The number of hydrogen-bond donors (Lipinski definition) is 0. The molecule has 0 saturated carbocycles. The highest BCUT2D eigenvalue weighted by molar-refractivity contribution is 7.89. The first-order valence-electron chi connectivity index (χ1n) is 8.11. The van der Waals surface area contributed by atoms with Gasteiger partial charge in [0.25, 0.3) is 0 Å². The lowest BCUT2D eigenvalue weighted by Crippen LogP contribution is -2.37. The number of benzene rings is 2. The summed E-state index contributed by atoms with van der Waals surface area (Å²) < 4.78 is 52.6. The van der Waals surface area contributed by atoms with Crippen LogP contribution in [0.5, 0.6) is 0 Å². The molecule has 0 bridgehead atoms. The SMILES string of the molecule is Cc1ccc(S(=O)(=O)N(C)CCN(C)S(=O)(=O)c2ccc(C)cc2)cc1. The molecule has 26 heavy (non-hydrogen) atoms. The third-order valence-electron chi connectivity index (χ3n) is 4.19. The van der Waals surface area contributed by atoms with Crippen LogP contribution in [0.1, 0.15) is 11.1 Å². The molecule has 0 aliphatic rings. The van der Waals surface area contributed by atoms with Gasteiger partial charge in [0.1, 0.15) is 0 Å². The van der Waals surface area contributed by atoms with E-state index in [9.17, 15) is 16.8 Å². The molecule has 6 nitrogen and oxygen atoms in total. The minimum absolute atomic E-state index is 0.0534. The van der Waals surface area contributed by atoms with Gasteiger partial charge in [-0.05, 0) is 38.1 Å². The zero-order valence-electron chi connectivity index (χ0n) is 15.4. The molecular weight excluding hydrogens is 372 g/mol. The lowest BCUT2D eigenvalue weighted by atomic mass is 10.2. The Balaban J connectivity index is 2.09. The van der Waals surface area contributed by atoms with Crippen LogP contribution >= 0.6 is 0 Å². The van der Waals surface area contributed by atoms with Crippen molar-refractivity contribution in [2.75, 3.05) is 27.2 Å². The van der Waals surface area contributed by atoms with Crippen LogP contribution in [-0.4, -0.2) is 52.6 Å². The second kappa shape index (κ2) is 7.87. The van der Waals surface area contributed by atoms with Crippen LogP contribution in [0.15, 0.2) is 58.3 Å². The third-order valence-corrected chi connectivity index (χ3v) is 7.93. The summed E-state index contributed by atoms with van der Waals surface area (Å²) in [5, 5.41) is 0. The normalized spacial score (nSPS) is 12.7. The zero-order chi connectivity index (χ0) is 19.5. The highest BCUT2D eigenvalue weighted by atomic mass is 32.2. The summed E-state index contributed by atoms with van der Waals surface area (Å²) in [5.74, 6) is 0. The summed E-state index contributed by atoms with van der Waals surface area (Å²) in [4.78, 5) is 0.379. The van der Waals surface area contributed by atoms with E-state index in [4.69, 9.17) is 0 Å². The van der Waals surface area contributed by atoms with Crippen molar-refractivity contribution in [3.05, 3.63) is 59.7 Å². The first-order chi connectivity index (χ1) is 12.0. The van der Waals surface area contributed by atoms with Gasteiger partial charge in [0.2, 0.25) is 20.0 Å². The van der Waals surface area contributed by atoms with E-state index in [1.165, 1.54) is 22.7 Å². The second-order valence-corrected chi connectivity index (χ2v) is 10.4.